The highest BCUT2D eigenvalue weighted by Crippen LogP contribution is 2.42. The van der Waals surface area contributed by atoms with Crippen LogP contribution in [0.5, 0.6) is 0 Å². The molecule has 1 spiro atoms. The number of hydrogen-bond donors (Lipinski definition) is 3. The molecule has 0 bridgehead atoms. The molecule has 190 valence electrons. The Kier molecular flexibility index (Phi) is 6.03. The normalized spacial score (nSPS) is 17.2. The number of aliphatic hydroxyl groups is 1. The van der Waals surface area contributed by atoms with Crippen LogP contribution in [0.3, 0.4) is 0 Å². The van der Waals surface area contributed by atoms with Crippen molar-refractivity contribution in [1.29, 1.82) is 0 Å². The van der Waals surface area contributed by atoms with Gasteiger partial charge in [0.15, 0.2) is 5.82 Å². The van der Waals surface area contributed by atoms with E-state index in [2.05, 4.69) is 25.3 Å². The van der Waals surface area contributed by atoms with Gasteiger partial charge in [-0.05, 0) is 38.8 Å². The van der Waals surface area contributed by atoms with Gasteiger partial charge in [0, 0.05) is 57.0 Å². The standard InChI is InChI=1S/C25H32N8O3/c1-17(34)31-9-6-25(7-10-31)15-32(16-25)21-11-20(28-19-5-4-8-26-23(19)35)29-22(30-21)18-12-27-33(13-18)14-24(2,3)36/h4-5,8,11-13,36H,6-7,9-10,14-16H2,1-3H3,(H,26,35)(H,28,29,30). The average Bonchev–Trinajstić information content (AvgIpc) is 3.25. The van der Waals surface area contributed by atoms with Crippen LogP contribution in [0.2, 0.25) is 0 Å². The summed E-state index contributed by atoms with van der Waals surface area (Å²) in [6.07, 6.45) is 7.03. The SMILES string of the molecule is CC(=O)N1CCC2(CC1)CN(c1cc(Nc3ccc[nH]c3=O)nc(-c3cnn(CC(C)(C)O)c3)n1)C2. The highest BCUT2D eigenvalue weighted by molar-refractivity contribution is 5.73. The molecule has 0 atom stereocenters. The molecule has 3 aromatic heterocycles. The fraction of sp³-hybridized carbons (Fsp3) is 0.480. The van der Waals surface area contributed by atoms with Crippen LogP contribution in [0.4, 0.5) is 17.3 Å². The summed E-state index contributed by atoms with van der Waals surface area (Å²) in [6.45, 7) is 8.73. The molecule has 0 unspecified atom stereocenters. The number of carbonyl (C=O) groups is 1. The number of aromatic nitrogens is 5. The van der Waals surface area contributed by atoms with Crippen molar-refractivity contribution >= 4 is 23.2 Å². The van der Waals surface area contributed by atoms with Crippen molar-refractivity contribution in [3.05, 3.63) is 47.1 Å². The van der Waals surface area contributed by atoms with E-state index in [1.54, 1.807) is 50.0 Å². The Morgan fingerprint density at radius 2 is 2.00 bits per heavy atom. The van der Waals surface area contributed by atoms with E-state index in [-0.39, 0.29) is 16.9 Å². The number of carbonyl (C=O) groups excluding carboxylic acids is 1. The number of H-pyrrole nitrogens is 1. The molecule has 2 saturated heterocycles. The van der Waals surface area contributed by atoms with E-state index < -0.39 is 5.60 Å². The molecule has 0 radical (unpaired) electrons. The number of rotatable bonds is 6. The van der Waals surface area contributed by atoms with E-state index in [1.807, 2.05) is 17.2 Å². The Balaban J connectivity index is 1.41. The van der Waals surface area contributed by atoms with E-state index in [0.717, 1.165) is 50.4 Å². The van der Waals surface area contributed by atoms with Crippen molar-refractivity contribution < 1.29 is 9.90 Å². The van der Waals surface area contributed by atoms with Gasteiger partial charge in [-0.15, -0.1) is 0 Å². The zero-order valence-electron chi connectivity index (χ0n) is 20.9. The molecule has 5 rings (SSSR count). The highest BCUT2D eigenvalue weighted by atomic mass is 16.3. The van der Waals surface area contributed by atoms with Crippen LogP contribution >= 0.6 is 0 Å². The maximum Gasteiger partial charge on any atom is 0.271 e. The summed E-state index contributed by atoms with van der Waals surface area (Å²) < 4.78 is 1.67. The summed E-state index contributed by atoms with van der Waals surface area (Å²) in [5.74, 6) is 1.90. The van der Waals surface area contributed by atoms with Gasteiger partial charge in [0.2, 0.25) is 5.91 Å². The number of likely N-dealkylation sites (tertiary alicyclic amines) is 1. The number of nitrogens with one attached hydrogen (secondary N) is 2. The number of pyridine rings is 1. The number of hydrogen-bond acceptors (Lipinski definition) is 8. The highest BCUT2D eigenvalue weighted by Gasteiger charge is 2.45. The van der Waals surface area contributed by atoms with Crippen LogP contribution in [0.1, 0.15) is 33.6 Å². The van der Waals surface area contributed by atoms with Crippen molar-refractivity contribution in [2.45, 2.75) is 45.8 Å². The van der Waals surface area contributed by atoms with Crippen LogP contribution in [0.25, 0.3) is 11.4 Å². The van der Waals surface area contributed by atoms with Gasteiger partial charge in [-0.3, -0.25) is 14.3 Å². The van der Waals surface area contributed by atoms with Crippen LogP contribution in [0, 0.1) is 5.41 Å². The minimum atomic E-state index is -0.906. The Bertz CT molecular complexity index is 1310. The molecule has 36 heavy (non-hydrogen) atoms. The second kappa shape index (κ2) is 9.05. The van der Waals surface area contributed by atoms with E-state index >= 15 is 0 Å². The molecule has 0 aliphatic carbocycles. The van der Waals surface area contributed by atoms with E-state index in [9.17, 15) is 14.7 Å². The summed E-state index contributed by atoms with van der Waals surface area (Å²) in [6, 6.07) is 5.30. The van der Waals surface area contributed by atoms with Crippen LogP contribution < -0.4 is 15.8 Å². The van der Waals surface area contributed by atoms with E-state index in [1.165, 1.54) is 0 Å². The first kappa shape index (κ1) is 24.0. The van der Waals surface area contributed by atoms with Gasteiger partial charge in [-0.2, -0.15) is 5.10 Å². The third-order valence-corrected chi connectivity index (χ3v) is 6.88. The van der Waals surface area contributed by atoms with Crippen LogP contribution in [0.15, 0.2) is 41.6 Å². The molecule has 3 N–H and O–H groups in total. The first-order valence-corrected chi connectivity index (χ1v) is 12.2. The van der Waals surface area contributed by atoms with E-state index in [0.29, 0.717) is 23.9 Å². The lowest BCUT2D eigenvalue weighted by Gasteiger charge is -2.54. The average molecular weight is 493 g/mol. The second-order valence-electron chi connectivity index (χ2n) is 10.6. The molecule has 2 fully saturated rings. The Morgan fingerprint density at radius 1 is 1.25 bits per heavy atom. The molecule has 0 saturated carbocycles. The number of nitrogens with zero attached hydrogens (tertiary/aromatic N) is 6. The predicted octanol–water partition coefficient (Wildman–Crippen LogP) is 1.99. The van der Waals surface area contributed by atoms with E-state index in [4.69, 9.17) is 4.98 Å². The molecule has 5 heterocycles. The van der Waals surface area contributed by atoms with Gasteiger partial charge in [0.05, 0.1) is 23.9 Å². The summed E-state index contributed by atoms with van der Waals surface area (Å²) in [5, 5.41) is 17.6. The summed E-state index contributed by atoms with van der Waals surface area (Å²) in [5.41, 5.74) is 0.159. The molecule has 1 amide bonds. The van der Waals surface area contributed by atoms with Gasteiger partial charge in [-0.1, -0.05) is 0 Å². The summed E-state index contributed by atoms with van der Waals surface area (Å²) >= 11 is 0. The first-order chi connectivity index (χ1) is 17.1. The Labute approximate surface area is 209 Å². The third-order valence-electron chi connectivity index (χ3n) is 6.88. The van der Waals surface area contributed by atoms with Gasteiger partial charge >= 0.3 is 0 Å². The molecule has 3 aromatic rings. The smallest absolute Gasteiger partial charge is 0.271 e. The van der Waals surface area contributed by atoms with Crippen LogP contribution in [-0.2, 0) is 11.3 Å². The Hall–Kier alpha value is -3.73. The number of amides is 1. The van der Waals surface area contributed by atoms with Crippen molar-refractivity contribution in [3.63, 3.8) is 0 Å². The largest absolute Gasteiger partial charge is 0.389 e. The van der Waals surface area contributed by atoms with Gasteiger partial charge in [-0.25, -0.2) is 9.97 Å². The lowest BCUT2D eigenvalue weighted by molar-refractivity contribution is -0.131. The number of anilines is 3. The zero-order chi connectivity index (χ0) is 25.5. The zero-order valence-corrected chi connectivity index (χ0v) is 20.9. The maximum absolute atomic E-state index is 12.2. The van der Waals surface area contributed by atoms with Crippen molar-refractivity contribution in [2.75, 3.05) is 36.4 Å². The lowest BCUT2D eigenvalue weighted by atomic mass is 9.72. The second-order valence-corrected chi connectivity index (χ2v) is 10.6. The fourth-order valence-corrected chi connectivity index (χ4v) is 4.95. The summed E-state index contributed by atoms with van der Waals surface area (Å²) in [7, 11) is 0. The quantitative estimate of drug-likeness (QED) is 0.476. The topological polar surface area (TPSA) is 132 Å². The predicted molar refractivity (Wildman–Crippen MR) is 136 cm³/mol. The molecule has 0 aromatic carbocycles. The molecule has 11 nitrogen and oxygen atoms in total. The monoisotopic (exact) mass is 492 g/mol. The Morgan fingerprint density at radius 3 is 2.67 bits per heavy atom. The molecular weight excluding hydrogens is 460 g/mol. The molecular formula is C25H32N8O3. The number of piperidine rings is 1. The van der Waals surface area contributed by atoms with Crippen LogP contribution in [-0.4, -0.2) is 72.4 Å². The minimum absolute atomic E-state index is 0.137. The van der Waals surface area contributed by atoms with Gasteiger partial charge < -0.3 is 25.2 Å². The van der Waals surface area contributed by atoms with Crippen molar-refractivity contribution in [3.8, 4) is 11.4 Å². The minimum Gasteiger partial charge on any atom is -0.389 e. The number of aromatic amines is 1. The molecule has 2 aliphatic heterocycles. The summed E-state index contributed by atoms with van der Waals surface area (Å²) in [4.78, 5) is 40.2. The first-order valence-electron chi connectivity index (χ1n) is 12.2. The van der Waals surface area contributed by atoms with Gasteiger partial charge in [0.25, 0.3) is 5.56 Å². The van der Waals surface area contributed by atoms with Gasteiger partial charge in [0.1, 0.15) is 17.3 Å². The maximum atomic E-state index is 12.2. The van der Waals surface area contributed by atoms with Crippen molar-refractivity contribution in [1.82, 2.24) is 29.6 Å². The fourth-order valence-electron chi connectivity index (χ4n) is 4.95. The van der Waals surface area contributed by atoms with Crippen molar-refractivity contribution in [2.24, 2.45) is 5.41 Å². The third kappa shape index (κ3) is 5.11. The molecule has 2 aliphatic rings. The lowest BCUT2D eigenvalue weighted by Crippen LogP contribution is -2.61. The molecule has 11 heteroatoms.